The molecule has 0 aromatic rings. The van der Waals surface area contributed by atoms with E-state index in [0.29, 0.717) is 5.54 Å². The molecule has 2 saturated heterocycles. The normalized spacial score (nSPS) is 40.9. The first-order valence-corrected chi connectivity index (χ1v) is 4.45. The van der Waals surface area contributed by atoms with Crippen LogP contribution in [0.2, 0.25) is 0 Å². The molecule has 2 N–H and O–H groups in total. The third-order valence-corrected chi connectivity index (χ3v) is 3.11. The monoisotopic (exact) mass is 155 g/mol. The Morgan fingerprint density at radius 3 is 2.91 bits per heavy atom. The molecule has 0 amide bonds. The van der Waals surface area contributed by atoms with E-state index in [1.807, 2.05) is 5.01 Å². The maximum atomic E-state index is 5.78. The van der Waals surface area contributed by atoms with Gasteiger partial charge < -0.3 is 0 Å². The van der Waals surface area contributed by atoms with Gasteiger partial charge in [0.25, 0.3) is 0 Å². The van der Waals surface area contributed by atoms with Crippen molar-refractivity contribution in [2.45, 2.75) is 25.3 Å². The summed E-state index contributed by atoms with van der Waals surface area (Å²) in [7, 11) is 0. The molecule has 0 spiro atoms. The standard InChI is InChI=1S/C8H17N3/c1-8-3-2-4-10(8)5-6-11(9)7-8/h2-7,9H2,1H3. The van der Waals surface area contributed by atoms with Gasteiger partial charge in [0.2, 0.25) is 0 Å². The smallest absolute Gasteiger partial charge is 0.0323 e. The minimum atomic E-state index is 0.396. The van der Waals surface area contributed by atoms with Crippen molar-refractivity contribution < 1.29 is 0 Å². The van der Waals surface area contributed by atoms with Gasteiger partial charge in [-0.25, -0.2) is 5.01 Å². The van der Waals surface area contributed by atoms with Gasteiger partial charge in [-0.1, -0.05) is 0 Å². The SMILES string of the molecule is CC12CCCN1CCN(N)C2. The van der Waals surface area contributed by atoms with E-state index in [1.54, 1.807) is 0 Å². The van der Waals surface area contributed by atoms with Crippen LogP contribution in [0.5, 0.6) is 0 Å². The molecule has 2 heterocycles. The maximum absolute atomic E-state index is 5.78. The summed E-state index contributed by atoms with van der Waals surface area (Å²) in [6.45, 7) is 6.86. The summed E-state index contributed by atoms with van der Waals surface area (Å²) in [6.07, 6.45) is 2.67. The lowest BCUT2D eigenvalue weighted by Crippen LogP contribution is -2.59. The van der Waals surface area contributed by atoms with Gasteiger partial charge in [0.1, 0.15) is 0 Å². The first kappa shape index (κ1) is 7.53. The highest BCUT2D eigenvalue weighted by Gasteiger charge is 2.39. The molecule has 2 rings (SSSR count). The summed E-state index contributed by atoms with van der Waals surface area (Å²) in [4.78, 5) is 2.58. The van der Waals surface area contributed by atoms with Crippen molar-refractivity contribution in [1.82, 2.24) is 9.91 Å². The topological polar surface area (TPSA) is 32.5 Å². The predicted molar refractivity (Wildman–Crippen MR) is 45.0 cm³/mol. The average molecular weight is 155 g/mol. The second-order valence-electron chi connectivity index (χ2n) is 4.06. The van der Waals surface area contributed by atoms with E-state index in [9.17, 15) is 0 Å². The maximum Gasteiger partial charge on any atom is 0.0323 e. The van der Waals surface area contributed by atoms with Gasteiger partial charge in [-0.3, -0.25) is 10.7 Å². The fraction of sp³-hybridized carbons (Fsp3) is 1.00. The van der Waals surface area contributed by atoms with E-state index in [2.05, 4.69) is 11.8 Å². The van der Waals surface area contributed by atoms with Crippen LogP contribution in [0, 0.1) is 0 Å². The van der Waals surface area contributed by atoms with E-state index < -0.39 is 0 Å². The molecule has 1 unspecified atom stereocenters. The van der Waals surface area contributed by atoms with Crippen LogP contribution in [0.4, 0.5) is 0 Å². The highest BCUT2D eigenvalue weighted by molar-refractivity contribution is 4.96. The van der Waals surface area contributed by atoms with E-state index in [0.717, 1.165) is 19.6 Å². The van der Waals surface area contributed by atoms with Crippen molar-refractivity contribution in [2.24, 2.45) is 5.84 Å². The van der Waals surface area contributed by atoms with Gasteiger partial charge in [0.15, 0.2) is 0 Å². The van der Waals surface area contributed by atoms with Crippen LogP contribution >= 0.6 is 0 Å². The first-order valence-electron chi connectivity index (χ1n) is 4.45. The molecule has 0 bridgehead atoms. The predicted octanol–water partition coefficient (Wildman–Crippen LogP) is 0.0302. The summed E-state index contributed by atoms with van der Waals surface area (Å²) in [5.74, 6) is 5.78. The fourth-order valence-electron chi connectivity index (χ4n) is 2.41. The van der Waals surface area contributed by atoms with Gasteiger partial charge in [0, 0.05) is 25.2 Å². The van der Waals surface area contributed by atoms with Crippen molar-refractivity contribution in [3.05, 3.63) is 0 Å². The second-order valence-corrected chi connectivity index (χ2v) is 4.06. The summed E-state index contributed by atoms with van der Waals surface area (Å²) in [5.41, 5.74) is 0.396. The van der Waals surface area contributed by atoms with Gasteiger partial charge in [-0.2, -0.15) is 0 Å². The van der Waals surface area contributed by atoms with Crippen molar-refractivity contribution in [1.29, 1.82) is 0 Å². The van der Waals surface area contributed by atoms with Crippen LogP contribution in [0.25, 0.3) is 0 Å². The van der Waals surface area contributed by atoms with Gasteiger partial charge in [0.05, 0.1) is 0 Å². The molecule has 0 aromatic carbocycles. The van der Waals surface area contributed by atoms with Crippen LogP contribution < -0.4 is 5.84 Å². The lowest BCUT2D eigenvalue weighted by molar-refractivity contribution is 0.0400. The van der Waals surface area contributed by atoms with Gasteiger partial charge in [-0.05, 0) is 26.3 Å². The minimum absolute atomic E-state index is 0.396. The van der Waals surface area contributed by atoms with Crippen LogP contribution in [-0.4, -0.2) is 41.6 Å². The third-order valence-electron chi connectivity index (χ3n) is 3.11. The molecule has 0 aliphatic carbocycles. The second kappa shape index (κ2) is 2.44. The molecule has 0 aromatic heterocycles. The lowest BCUT2D eigenvalue weighted by Gasteiger charge is -2.43. The minimum Gasteiger partial charge on any atom is -0.295 e. The van der Waals surface area contributed by atoms with Crippen LogP contribution in [0.1, 0.15) is 19.8 Å². The zero-order valence-corrected chi connectivity index (χ0v) is 7.21. The van der Waals surface area contributed by atoms with Crippen molar-refractivity contribution in [3.8, 4) is 0 Å². The Morgan fingerprint density at radius 2 is 2.09 bits per heavy atom. The number of fused-ring (bicyclic) bond motifs is 1. The van der Waals surface area contributed by atoms with E-state index in [1.165, 1.54) is 19.4 Å². The summed E-state index contributed by atoms with van der Waals surface area (Å²) >= 11 is 0. The first-order chi connectivity index (χ1) is 5.21. The number of hydrogen-bond acceptors (Lipinski definition) is 3. The fourth-order valence-corrected chi connectivity index (χ4v) is 2.41. The molecule has 3 heteroatoms. The number of hydrogen-bond donors (Lipinski definition) is 1. The highest BCUT2D eigenvalue weighted by atomic mass is 15.5. The van der Waals surface area contributed by atoms with Gasteiger partial charge in [-0.15, -0.1) is 0 Å². The zero-order chi connectivity index (χ0) is 7.90. The molecular formula is C8H17N3. The molecule has 2 aliphatic heterocycles. The Labute approximate surface area is 68.1 Å². The van der Waals surface area contributed by atoms with Crippen molar-refractivity contribution >= 4 is 0 Å². The number of nitrogens with zero attached hydrogens (tertiary/aromatic N) is 2. The molecular weight excluding hydrogens is 138 g/mol. The Bertz CT molecular complexity index is 159. The number of hydrazine groups is 1. The van der Waals surface area contributed by atoms with E-state index in [4.69, 9.17) is 5.84 Å². The molecule has 2 aliphatic rings. The zero-order valence-electron chi connectivity index (χ0n) is 7.21. The van der Waals surface area contributed by atoms with Crippen LogP contribution in [0.15, 0.2) is 0 Å². The summed E-state index contributed by atoms with van der Waals surface area (Å²) < 4.78 is 0. The Kier molecular flexibility index (Phi) is 1.67. The Hall–Kier alpha value is -0.120. The number of piperazine rings is 1. The molecule has 0 radical (unpaired) electrons. The van der Waals surface area contributed by atoms with Gasteiger partial charge >= 0.3 is 0 Å². The van der Waals surface area contributed by atoms with Crippen molar-refractivity contribution in [2.75, 3.05) is 26.2 Å². The highest BCUT2D eigenvalue weighted by Crippen LogP contribution is 2.30. The molecule has 11 heavy (non-hydrogen) atoms. The lowest BCUT2D eigenvalue weighted by atomic mass is 9.97. The number of nitrogens with two attached hydrogens (primary N) is 1. The quantitative estimate of drug-likeness (QED) is 0.501. The molecule has 2 fully saturated rings. The third kappa shape index (κ3) is 1.17. The van der Waals surface area contributed by atoms with E-state index in [-0.39, 0.29) is 0 Å². The Morgan fingerprint density at radius 1 is 1.27 bits per heavy atom. The van der Waals surface area contributed by atoms with E-state index >= 15 is 0 Å². The molecule has 64 valence electrons. The van der Waals surface area contributed by atoms with Crippen LogP contribution in [-0.2, 0) is 0 Å². The molecule has 1 atom stereocenters. The van der Waals surface area contributed by atoms with Crippen molar-refractivity contribution in [3.63, 3.8) is 0 Å². The average Bonchev–Trinajstić information content (AvgIpc) is 2.28. The largest absolute Gasteiger partial charge is 0.295 e. The molecule has 0 saturated carbocycles. The summed E-state index contributed by atoms with van der Waals surface area (Å²) in [5, 5.41) is 1.96. The Balaban J connectivity index is 2.10. The molecule has 3 nitrogen and oxygen atoms in total. The number of rotatable bonds is 0. The van der Waals surface area contributed by atoms with Crippen LogP contribution in [0.3, 0.4) is 0 Å². The summed E-state index contributed by atoms with van der Waals surface area (Å²) in [6, 6.07) is 0.